The van der Waals surface area contributed by atoms with E-state index in [-0.39, 0.29) is 190 Å². The fourth-order valence-corrected chi connectivity index (χ4v) is 1.16. The van der Waals surface area contributed by atoms with E-state index >= 15 is 0 Å². The molecule has 2 N–H and O–H groups in total. The maximum absolute atomic E-state index is 10.0. The molecule has 2 radical (unpaired) electrons. The topological polar surface area (TPSA) is 110 Å². The van der Waals surface area contributed by atoms with Crippen LogP contribution in [0.4, 0.5) is 0 Å². The molecule has 0 amide bonds. The third-order valence-corrected chi connectivity index (χ3v) is 2.05. The summed E-state index contributed by atoms with van der Waals surface area (Å²) in [5.74, 6) is 0. The zero-order chi connectivity index (χ0) is 8.15. The summed E-state index contributed by atoms with van der Waals surface area (Å²) < 4.78 is 51.9. The summed E-state index contributed by atoms with van der Waals surface area (Å²) in [7, 11) is 0. The summed E-state index contributed by atoms with van der Waals surface area (Å²) in [4.78, 5) is 0. The van der Waals surface area contributed by atoms with Crippen molar-refractivity contribution in [3.63, 3.8) is 0 Å². The summed E-state index contributed by atoms with van der Waals surface area (Å²) >= 11 is -8.25. The van der Waals surface area contributed by atoms with Gasteiger partial charge in [-0.15, -0.1) is 7.26 Å². The molecule has 14 heavy (non-hydrogen) atoms. The molecule has 2 atom stereocenters. The zero-order valence-corrected chi connectivity index (χ0v) is 12.2. The van der Waals surface area contributed by atoms with Gasteiger partial charge in [0.15, 0.2) is 0 Å². The van der Waals surface area contributed by atoms with Gasteiger partial charge in [0.05, 0.1) is 0 Å². The van der Waals surface area contributed by atoms with E-state index in [4.69, 9.17) is 9.11 Å². The van der Waals surface area contributed by atoms with Gasteiger partial charge in [-0.25, -0.2) is 0 Å². The van der Waals surface area contributed by atoms with Crippen molar-refractivity contribution in [3.8, 4) is 0 Å². The molecule has 0 aliphatic rings. The molecule has 0 aliphatic heterocycles. The first-order valence-corrected chi connectivity index (χ1v) is 4.60. The molecule has 0 saturated carbocycles. The van der Waals surface area contributed by atoms with Crippen LogP contribution in [0.1, 0.15) is 0 Å². The Morgan fingerprint density at radius 1 is 0.786 bits per heavy atom. The van der Waals surface area contributed by atoms with Crippen LogP contribution >= 0.6 is 0 Å². The van der Waals surface area contributed by atoms with Crippen molar-refractivity contribution in [1.82, 2.24) is 0 Å². The van der Waals surface area contributed by atoms with Crippen molar-refractivity contribution in [2.24, 2.45) is 0 Å². The second-order valence-corrected chi connectivity index (χ2v) is 3.14. The van der Waals surface area contributed by atoms with Gasteiger partial charge in [0.2, 0.25) is 0 Å². The molecule has 0 aromatic heterocycles. The van der Waals surface area contributed by atoms with Crippen molar-refractivity contribution >= 4 is 125 Å². The fraction of sp³-hybridized carbons (Fsp3) is 0. The maximum atomic E-state index is 10.0. The van der Waals surface area contributed by atoms with Crippen LogP contribution in [0.3, 0.4) is 0 Å². The van der Waals surface area contributed by atoms with Crippen LogP contribution in [0.5, 0.6) is 0 Å². The molecule has 2 unspecified atom stereocenters. The van der Waals surface area contributed by atoms with Crippen molar-refractivity contribution in [2.75, 3.05) is 0 Å². The van der Waals surface area contributed by atoms with Gasteiger partial charge in [-0.3, -0.25) is 9.11 Å². The van der Waals surface area contributed by atoms with E-state index in [1.54, 1.807) is 0 Å². The van der Waals surface area contributed by atoms with Gasteiger partial charge in [-0.2, -0.15) is 12.6 Å². The zero-order valence-electron chi connectivity index (χ0n) is 4.92. The monoisotopic (exact) mass is 696 g/mol. The van der Waals surface area contributed by atoms with Gasteiger partial charge in [-0.1, -0.05) is 0 Å². The Bertz CT molecular complexity index is 168. The molecular weight excluding hydrogens is 687 g/mol. The van der Waals surface area contributed by atoms with Crippen LogP contribution in [0.2, 0.25) is 0 Å². The molecule has 0 aromatic carbocycles. The molecule has 0 spiro atoms. The Labute approximate surface area is 244 Å². The first-order chi connectivity index (χ1) is 4.52. The van der Waals surface area contributed by atoms with Crippen molar-refractivity contribution in [2.45, 2.75) is 0 Å². The molecule has 0 aliphatic carbocycles. The molecule has 0 saturated heterocycles. The van der Waals surface area contributed by atoms with Crippen molar-refractivity contribution in [3.05, 3.63) is 0 Å². The second kappa shape index (κ2) is 21.7. The molecular formula is H6Eu2O7S3Sr2. The first-order valence-electron chi connectivity index (χ1n) is 1.53. The third-order valence-electron chi connectivity index (χ3n) is 0.228. The third kappa shape index (κ3) is 26.9. The normalized spacial score (nSPS) is 14.1. The first kappa shape index (κ1) is 32.4. The summed E-state index contributed by atoms with van der Waals surface area (Å²) in [5.41, 5.74) is 0. The molecule has 0 bridgehead atoms. The quantitative estimate of drug-likeness (QED) is 0.240. The molecule has 0 rings (SSSR count). The molecule has 0 heterocycles. The molecule has 7 nitrogen and oxygen atoms in total. The van der Waals surface area contributed by atoms with Gasteiger partial charge in [0, 0.05) is 98.8 Å². The van der Waals surface area contributed by atoms with Crippen LogP contribution in [0.15, 0.2) is 0 Å². The van der Waals surface area contributed by atoms with Crippen molar-refractivity contribution in [1.29, 1.82) is 0 Å². The van der Waals surface area contributed by atoms with Crippen LogP contribution in [-0.2, 0) is 41.3 Å². The van der Waals surface area contributed by atoms with Gasteiger partial charge in [0.25, 0.3) is 0 Å². The number of hydrogen-bond donors (Lipinski definition) is 2. The fourth-order valence-electron chi connectivity index (χ4n) is 0.106. The van der Waals surface area contributed by atoms with Crippen LogP contribution in [0, 0.1) is 98.8 Å². The molecule has 0 aromatic rings. The van der Waals surface area contributed by atoms with Crippen LogP contribution < -0.4 is 0 Å². The van der Waals surface area contributed by atoms with Crippen LogP contribution in [-0.4, -0.2) is 113 Å². The molecule has 14 heteroatoms. The minimum atomic E-state index is -2.78. The van der Waals surface area contributed by atoms with E-state index in [2.05, 4.69) is 7.26 Å². The van der Waals surface area contributed by atoms with Gasteiger partial charge < -0.3 is 0 Å². The molecule has 84 valence electrons. The van der Waals surface area contributed by atoms with Gasteiger partial charge in [-0.05, 0) is 0 Å². The standard InChI is InChI=1S/2Eu.H2O7S3.2Sr.4H/c;;1-8(2)6-10(5)7-9(3)4;;;;;;/h;;(H,1,2)(H,3,4);;;;;;. The SMILES string of the molecule is O=S(O)OS(=O)OS(=O)O.[Eu].[Eu].[SrH2].[SrH2]. The van der Waals surface area contributed by atoms with Crippen LogP contribution in [0.25, 0.3) is 0 Å². The van der Waals surface area contributed by atoms with Crippen molar-refractivity contribution < 1.29 is 128 Å². The summed E-state index contributed by atoms with van der Waals surface area (Å²) in [6, 6.07) is 0. The van der Waals surface area contributed by atoms with E-state index in [0.717, 1.165) is 0 Å². The Morgan fingerprint density at radius 3 is 1.14 bits per heavy atom. The van der Waals surface area contributed by atoms with Gasteiger partial charge >= 0.3 is 125 Å². The average molecular weight is 693 g/mol. The van der Waals surface area contributed by atoms with Gasteiger partial charge in [0.1, 0.15) is 0 Å². The van der Waals surface area contributed by atoms with E-state index in [0.29, 0.717) is 0 Å². The number of rotatable bonds is 4. The second-order valence-electron chi connectivity index (χ2n) is 0.774. The van der Waals surface area contributed by atoms with E-state index in [9.17, 15) is 12.6 Å². The predicted octanol–water partition coefficient (Wildman–Crippen LogP) is -2.96. The summed E-state index contributed by atoms with van der Waals surface area (Å²) in [6.07, 6.45) is 0. The number of hydrogen-bond acceptors (Lipinski definition) is 5. The Balaban J connectivity index is -0.0000000675. The average Bonchev–Trinajstić information content (AvgIpc) is 1.58. The Kier molecular flexibility index (Phi) is 50.2. The Hall–Kier alpha value is 6.42. The van der Waals surface area contributed by atoms with E-state index in [1.807, 2.05) is 0 Å². The molecule has 0 fully saturated rings. The van der Waals surface area contributed by atoms with E-state index in [1.165, 1.54) is 0 Å². The van der Waals surface area contributed by atoms with E-state index < -0.39 is 34.1 Å². The minimum absolute atomic E-state index is 0. The summed E-state index contributed by atoms with van der Waals surface area (Å²) in [5, 5.41) is 0. The summed E-state index contributed by atoms with van der Waals surface area (Å²) in [6.45, 7) is 0. The predicted molar refractivity (Wildman–Crippen MR) is 48.9 cm³/mol. The Morgan fingerprint density at radius 2 is 1.00 bits per heavy atom.